The van der Waals surface area contributed by atoms with Crippen LogP contribution in [0.4, 0.5) is 0 Å². The van der Waals surface area contributed by atoms with Gasteiger partial charge in [0, 0.05) is 9.38 Å². The van der Waals surface area contributed by atoms with Crippen molar-refractivity contribution in [3.63, 3.8) is 0 Å². The molecule has 0 bridgehead atoms. The largest absolute Gasteiger partial charge is 0.488 e. The van der Waals surface area contributed by atoms with E-state index in [9.17, 15) is 0 Å². The SMILES string of the molecule is [N-]=[N+]=N[C@H]1COC[C@H]1Oc1ccc(Br)cc1. The average Bonchev–Trinajstić information content (AvgIpc) is 2.70. The smallest absolute Gasteiger partial charge is 0.133 e. The van der Waals surface area contributed by atoms with Crippen LogP contribution in [-0.4, -0.2) is 25.4 Å². The molecule has 0 radical (unpaired) electrons. The van der Waals surface area contributed by atoms with Gasteiger partial charge in [-0.1, -0.05) is 21.0 Å². The van der Waals surface area contributed by atoms with Crippen molar-refractivity contribution in [1.29, 1.82) is 0 Å². The summed E-state index contributed by atoms with van der Waals surface area (Å²) in [4.78, 5) is 2.78. The van der Waals surface area contributed by atoms with E-state index in [1.165, 1.54) is 0 Å². The molecule has 1 aromatic carbocycles. The Kier molecular flexibility index (Phi) is 3.66. The summed E-state index contributed by atoms with van der Waals surface area (Å²) in [5.74, 6) is 0.747. The first kappa shape index (κ1) is 11.3. The minimum absolute atomic E-state index is 0.197. The van der Waals surface area contributed by atoms with Gasteiger partial charge >= 0.3 is 0 Å². The van der Waals surface area contributed by atoms with Crippen LogP contribution in [0.1, 0.15) is 0 Å². The quantitative estimate of drug-likeness (QED) is 0.486. The van der Waals surface area contributed by atoms with Gasteiger partial charge in [0.1, 0.15) is 11.9 Å². The number of hydrogen-bond acceptors (Lipinski definition) is 3. The molecule has 2 atom stereocenters. The lowest BCUT2D eigenvalue weighted by molar-refractivity contribution is 0.140. The molecule has 2 rings (SSSR count). The van der Waals surface area contributed by atoms with E-state index in [4.69, 9.17) is 15.0 Å². The van der Waals surface area contributed by atoms with E-state index in [1.54, 1.807) is 0 Å². The van der Waals surface area contributed by atoms with E-state index < -0.39 is 0 Å². The van der Waals surface area contributed by atoms with Crippen molar-refractivity contribution in [3.8, 4) is 5.75 Å². The number of benzene rings is 1. The zero-order chi connectivity index (χ0) is 11.4. The van der Waals surface area contributed by atoms with Gasteiger partial charge < -0.3 is 9.47 Å². The van der Waals surface area contributed by atoms with Crippen LogP contribution in [-0.2, 0) is 4.74 Å². The van der Waals surface area contributed by atoms with Crippen molar-refractivity contribution in [2.24, 2.45) is 5.11 Å². The molecule has 0 unspecified atom stereocenters. The van der Waals surface area contributed by atoms with Crippen molar-refractivity contribution >= 4 is 15.9 Å². The van der Waals surface area contributed by atoms with Crippen LogP contribution < -0.4 is 4.74 Å². The van der Waals surface area contributed by atoms with Crippen LogP contribution in [0.3, 0.4) is 0 Å². The Labute approximate surface area is 101 Å². The van der Waals surface area contributed by atoms with Crippen LogP contribution in [0, 0.1) is 0 Å². The van der Waals surface area contributed by atoms with Gasteiger partial charge in [0.25, 0.3) is 0 Å². The molecule has 0 N–H and O–H groups in total. The highest BCUT2D eigenvalue weighted by atomic mass is 79.9. The van der Waals surface area contributed by atoms with E-state index in [0.29, 0.717) is 13.2 Å². The van der Waals surface area contributed by atoms with Crippen molar-refractivity contribution in [1.82, 2.24) is 0 Å². The fourth-order valence-corrected chi connectivity index (χ4v) is 1.76. The Bertz CT molecular complexity index is 403. The van der Waals surface area contributed by atoms with Crippen LogP contribution in [0.5, 0.6) is 5.75 Å². The molecule has 1 aliphatic rings. The van der Waals surface area contributed by atoms with Crippen molar-refractivity contribution in [3.05, 3.63) is 39.2 Å². The molecule has 0 spiro atoms. The molecule has 0 amide bonds. The average molecular weight is 284 g/mol. The summed E-state index contributed by atoms with van der Waals surface area (Å²) in [5, 5.41) is 3.64. The fourth-order valence-electron chi connectivity index (χ4n) is 1.50. The first-order valence-corrected chi connectivity index (χ1v) is 5.63. The summed E-state index contributed by atoms with van der Waals surface area (Å²) in [6.45, 7) is 0.880. The molecular weight excluding hydrogens is 274 g/mol. The molecular formula is C10H10BrN3O2. The minimum atomic E-state index is -0.242. The molecule has 1 aromatic rings. The van der Waals surface area contributed by atoms with Crippen molar-refractivity contribution in [2.75, 3.05) is 13.2 Å². The molecule has 1 heterocycles. The van der Waals surface area contributed by atoms with Crippen LogP contribution in [0.2, 0.25) is 0 Å². The van der Waals surface area contributed by atoms with Gasteiger partial charge in [0.15, 0.2) is 0 Å². The summed E-state index contributed by atoms with van der Waals surface area (Å²) in [5.41, 5.74) is 8.39. The summed E-state index contributed by atoms with van der Waals surface area (Å²) < 4.78 is 11.9. The lowest BCUT2D eigenvalue weighted by atomic mass is 10.2. The Hall–Kier alpha value is -1.23. The maximum atomic E-state index is 8.39. The third-order valence-corrected chi connectivity index (χ3v) is 2.83. The highest BCUT2D eigenvalue weighted by Gasteiger charge is 2.29. The highest BCUT2D eigenvalue weighted by molar-refractivity contribution is 9.10. The zero-order valence-electron chi connectivity index (χ0n) is 8.41. The molecule has 6 heteroatoms. The Morgan fingerprint density at radius 3 is 2.81 bits per heavy atom. The first-order valence-electron chi connectivity index (χ1n) is 4.84. The Morgan fingerprint density at radius 1 is 1.38 bits per heavy atom. The van der Waals surface area contributed by atoms with Gasteiger partial charge in [-0.2, -0.15) is 0 Å². The number of hydrogen-bond donors (Lipinski definition) is 0. The van der Waals surface area contributed by atoms with Crippen molar-refractivity contribution < 1.29 is 9.47 Å². The molecule has 0 aromatic heterocycles. The van der Waals surface area contributed by atoms with Crippen molar-refractivity contribution in [2.45, 2.75) is 12.1 Å². The first-order chi connectivity index (χ1) is 7.79. The summed E-state index contributed by atoms with van der Waals surface area (Å²) >= 11 is 3.35. The molecule has 1 aliphatic heterocycles. The second kappa shape index (κ2) is 5.21. The van der Waals surface area contributed by atoms with Gasteiger partial charge in [-0.25, -0.2) is 0 Å². The lowest BCUT2D eigenvalue weighted by Crippen LogP contribution is -2.28. The van der Waals surface area contributed by atoms with E-state index in [-0.39, 0.29) is 12.1 Å². The summed E-state index contributed by atoms with van der Waals surface area (Å²) in [7, 11) is 0. The van der Waals surface area contributed by atoms with Gasteiger partial charge in [0.05, 0.1) is 19.3 Å². The molecule has 84 valence electrons. The maximum Gasteiger partial charge on any atom is 0.133 e. The van der Waals surface area contributed by atoms with Gasteiger partial charge in [-0.05, 0) is 29.8 Å². The Morgan fingerprint density at radius 2 is 2.12 bits per heavy atom. The topological polar surface area (TPSA) is 67.2 Å². The Balaban J connectivity index is 2.03. The minimum Gasteiger partial charge on any atom is -0.488 e. The third-order valence-electron chi connectivity index (χ3n) is 2.30. The number of azide groups is 1. The van der Waals surface area contributed by atoms with Crippen LogP contribution in [0.15, 0.2) is 33.9 Å². The van der Waals surface area contributed by atoms with E-state index >= 15 is 0 Å². The molecule has 0 saturated carbocycles. The monoisotopic (exact) mass is 283 g/mol. The molecule has 1 saturated heterocycles. The molecule has 0 aliphatic carbocycles. The summed E-state index contributed by atoms with van der Waals surface area (Å²) in [6, 6.07) is 7.26. The predicted molar refractivity (Wildman–Crippen MR) is 62.3 cm³/mol. The zero-order valence-corrected chi connectivity index (χ0v) is 10.0. The number of nitrogens with zero attached hydrogens (tertiary/aromatic N) is 3. The van der Waals surface area contributed by atoms with Crippen LogP contribution in [0.25, 0.3) is 10.4 Å². The number of halogens is 1. The summed E-state index contributed by atoms with van der Waals surface area (Å²) in [6.07, 6.45) is -0.197. The third kappa shape index (κ3) is 2.66. The second-order valence-electron chi connectivity index (χ2n) is 3.42. The molecule has 1 fully saturated rings. The fraction of sp³-hybridized carbons (Fsp3) is 0.400. The van der Waals surface area contributed by atoms with Crippen LogP contribution >= 0.6 is 15.9 Å². The normalized spacial score (nSPS) is 23.8. The number of rotatable bonds is 3. The molecule has 16 heavy (non-hydrogen) atoms. The second-order valence-corrected chi connectivity index (χ2v) is 4.34. The van der Waals surface area contributed by atoms with E-state index in [2.05, 4.69) is 26.0 Å². The van der Waals surface area contributed by atoms with Gasteiger partial charge in [0.2, 0.25) is 0 Å². The highest BCUT2D eigenvalue weighted by Crippen LogP contribution is 2.21. The lowest BCUT2D eigenvalue weighted by Gasteiger charge is -2.15. The van der Waals surface area contributed by atoms with E-state index in [0.717, 1.165) is 10.2 Å². The standard InChI is InChI=1S/C10H10BrN3O2/c11-7-1-3-8(4-2-7)16-10-6-15-5-9(10)13-14-12/h1-4,9-10H,5-6H2/t9-,10+/m0/s1. The number of ether oxygens (including phenoxy) is 2. The maximum absolute atomic E-state index is 8.39. The predicted octanol–water partition coefficient (Wildman–Crippen LogP) is 2.91. The molecule has 5 nitrogen and oxygen atoms in total. The van der Waals surface area contributed by atoms with E-state index in [1.807, 2.05) is 24.3 Å². The van der Waals surface area contributed by atoms with Gasteiger partial charge in [-0.3, -0.25) is 0 Å². The van der Waals surface area contributed by atoms with Gasteiger partial charge in [-0.15, -0.1) is 0 Å².